The summed E-state index contributed by atoms with van der Waals surface area (Å²) in [6, 6.07) is 9.89. The quantitative estimate of drug-likeness (QED) is 0.666. The number of nitrogens with one attached hydrogen (secondary N) is 1. The highest BCUT2D eigenvalue weighted by atomic mass is 35.5. The molecule has 1 atom stereocenters. The number of hydrogen-bond acceptors (Lipinski definition) is 5. The Kier molecular flexibility index (Phi) is 7.26. The Morgan fingerprint density at radius 3 is 2.31 bits per heavy atom. The third kappa shape index (κ3) is 5.71. The highest BCUT2D eigenvalue weighted by Crippen LogP contribution is 2.27. The van der Waals surface area contributed by atoms with Crippen LogP contribution in [0.25, 0.3) is 0 Å². The first-order valence-corrected chi connectivity index (χ1v) is 11.1. The molecule has 0 unspecified atom stereocenters. The van der Waals surface area contributed by atoms with Gasteiger partial charge in [0.1, 0.15) is 6.04 Å². The zero-order valence-corrected chi connectivity index (χ0v) is 18.2. The van der Waals surface area contributed by atoms with E-state index in [2.05, 4.69) is 5.32 Å². The third-order valence-corrected chi connectivity index (χ3v) is 5.81. The molecule has 0 bridgehead atoms. The van der Waals surface area contributed by atoms with Gasteiger partial charge in [0.05, 0.1) is 24.1 Å². The molecule has 29 heavy (non-hydrogen) atoms. The minimum Gasteiger partial charge on any atom is -0.462 e. The molecule has 0 fully saturated rings. The van der Waals surface area contributed by atoms with Crippen molar-refractivity contribution in [2.45, 2.75) is 26.8 Å². The highest BCUT2D eigenvalue weighted by molar-refractivity contribution is 7.92. The molecule has 7 nitrogen and oxygen atoms in total. The lowest BCUT2D eigenvalue weighted by Gasteiger charge is -2.28. The van der Waals surface area contributed by atoms with Crippen LogP contribution in [0.2, 0.25) is 5.02 Å². The van der Waals surface area contributed by atoms with E-state index in [-0.39, 0.29) is 6.61 Å². The van der Waals surface area contributed by atoms with Gasteiger partial charge in [-0.2, -0.15) is 0 Å². The largest absolute Gasteiger partial charge is 0.462 e. The number of rotatable bonds is 7. The number of benzene rings is 2. The molecule has 1 N–H and O–H groups in total. The number of anilines is 2. The van der Waals surface area contributed by atoms with Crippen LogP contribution < -0.4 is 9.62 Å². The van der Waals surface area contributed by atoms with Crippen LogP contribution in [0.3, 0.4) is 0 Å². The van der Waals surface area contributed by atoms with Crippen LogP contribution in [0.4, 0.5) is 11.4 Å². The number of ether oxygens (including phenoxy) is 1. The summed E-state index contributed by atoms with van der Waals surface area (Å²) in [5, 5.41) is 3.06. The summed E-state index contributed by atoms with van der Waals surface area (Å²) in [5.41, 5.74) is 1.86. The van der Waals surface area contributed by atoms with E-state index in [9.17, 15) is 18.0 Å². The number of halogens is 1. The van der Waals surface area contributed by atoms with E-state index in [1.54, 1.807) is 38.1 Å². The van der Waals surface area contributed by atoms with Crippen molar-refractivity contribution in [2.75, 3.05) is 22.5 Å². The molecule has 0 aromatic heterocycles. The lowest BCUT2D eigenvalue weighted by molar-refractivity contribution is -0.116. The number of amides is 1. The van der Waals surface area contributed by atoms with Gasteiger partial charge >= 0.3 is 5.97 Å². The van der Waals surface area contributed by atoms with Crippen molar-refractivity contribution in [1.82, 2.24) is 0 Å². The predicted octanol–water partition coefficient (Wildman–Crippen LogP) is 3.62. The minimum atomic E-state index is -3.76. The monoisotopic (exact) mass is 438 g/mol. The number of sulfonamides is 1. The van der Waals surface area contributed by atoms with Crippen LogP contribution >= 0.6 is 11.6 Å². The van der Waals surface area contributed by atoms with Gasteiger partial charge in [-0.25, -0.2) is 13.2 Å². The molecule has 0 aliphatic rings. The van der Waals surface area contributed by atoms with Gasteiger partial charge < -0.3 is 10.1 Å². The van der Waals surface area contributed by atoms with E-state index in [0.717, 1.165) is 16.1 Å². The maximum atomic E-state index is 12.7. The van der Waals surface area contributed by atoms with E-state index in [1.807, 2.05) is 0 Å². The van der Waals surface area contributed by atoms with Crippen LogP contribution in [0.1, 0.15) is 29.8 Å². The van der Waals surface area contributed by atoms with Crippen molar-refractivity contribution in [3.63, 3.8) is 0 Å². The van der Waals surface area contributed by atoms with E-state index < -0.39 is 27.9 Å². The fraction of sp³-hybridized carbons (Fsp3) is 0.300. The van der Waals surface area contributed by atoms with Crippen molar-refractivity contribution >= 4 is 44.9 Å². The van der Waals surface area contributed by atoms with Gasteiger partial charge in [0.2, 0.25) is 15.9 Å². The number of carbonyl (C=O) groups is 2. The van der Waals surface area contributed by atoms with E-state index in [0.29, 0.717) is 22.0 Å². The standard InChI is InChI=1S/C20H23ClN2O5S/c1-5-28-20(25)15-7-9-16(10-8-15)22-19(24)14(3)23(29(4,26)27)17-11-6-13(2)18(21)12-17/h6-12,14H,5H2,1-4H3,(H,22,24)/t14-/m0/s1. The van der Waals surface area contributed by atoms with Crippen LogP contribution in [0.5, 0.6) is 0 Å². The predicted molar refractivity (Wildman–Crippen MR) is 114 cm³/mol. The summed E-state index contributed by atoms with van der Waals surface area (Å²) in [6.45, 7) is 5.26. The fourth-order valence-corrected chi connectivity index (χ4v) is 4.02. The Bertz CT molecular complexity index is 1010. The van der Waals surface area contributed by atoms with Gasteiger partial charge in [-0.15, -0.1) is 0 Å². The Labute approximate surface area is 175 Å². The zero-order valence-electron chi connectivity index (χ0n) is 16.6. The maximum Gasteiger partial charge on any atom is 0.338 e. The molecule has 0 spiro atoms. The van der Waals surface area contributed by atoms with Crippen LogP contribution in [0, 0.1) is 6.92 Å². The first kappa shape index (κ1) is 22.7. The van der Waals surface area contributed by atoms with Gasteiger partial charge in [0.15, 0.2) is 0 Å². The van der Waals surface area contributed by atoms with Gasteiger partial charge in [-0.3, -0.25) is 9.10 Å². The van der Waals surface area contributed by atoms with E-state index in [1.165, 1.54) is 25.1 Å². The molecule has 9 heteroatoms. The Morgan fingerprint density at radius 2 is 1.79 bits per heavy atom. The summed E-state index contributed by atoms with van der Waals surface area (Å²) in [6.07, 6.45) is 1.03. The fourth-order valence-electron chi connectivity index (χ4n) is 2.68. The number of aryl methyl sites for hydroxylation is 1. The lowest BCUT2D eigenvalue weighted by atomic mass is 10.2. The van der Waals surface area contributed by atoms with Crippen LogP contribution in [0.15, 0.2) is 42.5 Å². The normalized spacial score (nSPS) is 12.2. The molecule has 2 aromatic rings. The van der Waals surface area contributed by atoms with Gasteiger partial charge in [0, 0.05) is 10.7 Å². The van der Waals surface area contributed by atoms with Crippen LogP contribution in [-0.2, 0) is 19.6 Å². The molecule has 2 aromatic carbocycles. The molecule has 156 valence electrons. The Morgan fingerprint density at radius 1 is 1.17 bits per heavy atom. The Hall–Kier alpha value is -2.58. The second kappa shape index (κ2) is 9.28. The number of carbonyl (C=O) groups excluding carboxylic acids is 2. The third-order valence-electron chi connectivity index (χ3n) is 4.16. The summed E-state index contributed by atoms with van der Waals surface area (Å²) in [5.74, 6) is -0.991. The molecule has 0 saturated heterocycles. The van der Waals surface area contributed by atoms with Gasteiger partial charge in [0.25, 0.3) is 0 Å². The number of nitrogens with zero attached hydrogens (tertiary/aromatic N) is 1. The van der Waals surface area contributed by atoms with Gasteiger partial charge in [-0.1, -0.05) is 17.7 Å². The zero-order chi connectivity index (χ0) is 21.8. The topological polar surface area (TPSA) is 92.8 Å². The molecular formula is C20H23ClN2O5S. The van der Waals surface area contributed by atoms with E-state index in [4.69, 9.17) is 16.3 Å². The molecule has 0 heterocycles. The van der Waals surface area contributed by atoms with Crippen molar-refractivity contribution in [3.8, 4) is 0 Å². The smallest absolute Gasteiger partial charge is 0.338 e. The highest BCUT2D eigenvalue weighted by Gasteiger charge is 2.29. The average molecular weight is 439 g/mol. The molecule has 0 radical (unpaired) electrons. The van der Waals surface area contributed by atoms with Crippen molar-refractivity contribution in [1.29, 1.82) is 0 Å². The SMILES string of the molecule is CCOC(=O)c1ccc(NC(=O)[C@H](C)N(c2ccc(C)c(Cl)c2)S(C)(=O)=O)cc1. The van der Waals surface area contributed by atoms with Crippen molar-refractivity contribution < 1.29 is 22.7 Å². The molecule has 2 rings (SSSR count). The average Bonchev–Trinajstić information content (AvgIpc) is 2.64. The van der Waals surface area contributed by atoms with Crippen LogP contribution in [-0.4, -0.2) is 39.2 Å². The molecule has 0 aliphatic carbocycles. The summed E-state index contributed by atoms with van der Waals surface area (Å²) in [7, 11) is -3.76. The minimum absolute atomic E-state index is 0.263. The summed E-state index contributed by atoms with van der Waals surface area (Å²) >= 11 is 6.12. The van der Waals surface area contributed by atoms with Crippen molar-refractivity contribution in [2.24, 2.45) is 0 Å². The van der Waals surface area contributed by atoms with Gasteiger partial charge in [-0.05, 0) is 62.7 Å². The van der Waals surface area contributed by atoms with Crippen molar-refractivity contribution in [3.05, 3.63) is 58.6 Å². The lowest BCUT2D eigenvalue weighted by Crippen LogP contribution is -2.45. The molecule has 0 saturated carbocycles. The Balaban J connectivity index is 2.23. The second-order valence-corrected chi connectivity index (χ2v) is 8.72. The first-order valence-electron chi connectivity index (χ1n) is 8.88. The maximum absolute atomic E-state index is 12.7. The first-order chi connectivity index (χ1) is 13.5. The molecular weight excluding hydrogens is 416 g/mol. The second-order valence-electron chi connectivity index (χ2n) is 6.46. The number of hydrogen-bond donors (Lipinski definition) is 1. The molecule has 1 amide bonds. The van der Waals surface area contributed by atoms with E-state index >= 15 is 0 Å². The number of esters is 1. The molecule has 0 aliphatic heterocycles. The summed E-state index contributed by atoms with van der Waals surface area (Å²) in [4.78, 5) is 24.4. The summed E-state index contributed by atoms with van der Waals surface area (Å²) < 4.78 is 30.6.